The van der Waals surface area contributed by atoms with E-state index in [1.807, 2.05) is 0 Å². The van der Waals surface area contributed by atoms with Gasteiger partial charge in [-0.2, -0.15) is 0 Å². The number of hydrogen-bond acceptors (Lipinski definition) is 1. The van der Waals surface area contributed by atoms with Crippen LogP contribution in [-0.2, 0) is 10.8 Å². The molecule has 0 saturated carbocycles. The Morgan fingerprint density at radius 1 is 0.294 bits per heavy atom. The molecule has 0 aliphatic heterocycles. The number of nitrogens with zero attached hydrogens (tertiary/aromatic N) is 1. The average molecular weight is 866 g/mol. The Morgan fingerprint density at radius 3 is 1.54 bits per heavy atom. The molecule has 2 aliphatic rings. The zero-order chi connectivity index (χ0) is 45.2. The lowest BCUT2D eigenvalue weighted by molar-refractivity contribution is 0.714. The van der Waals surface area contributed by atoms with Gasteiger partial charge in [0, 0.05) is 22.4 Å². The molecule has 0 saturated heterocycles. The van der Waals surface area contributed by atoms with E-state index in [9.17, 15) is 0 Å². The van der Waals surface area contributed by atoms with Crippen LogP contribution >= 0.6 is 0 Å². The fourth-order valence-corrected chi connectivity index (χ4v) is 11.9. The van der Waals surface area contributed by atoms with Gasteiger partial charge in [0.1, 0.15) is 0 Å². The summed E-state index contributed by atoms with van der Waals surface area (Å²) < 4.78 is 0. The van der Waals surface area contributed by atoms with Crippen LogP contribution in [0.3, 0.4) is 0 Å². The third-order valence-electron chi connectivity index (χ3n) is 15.0. The molecule has 11 aromatic rings. The molecule has 0 N–H and O–H groups in total. The van der Waals surface area contributed by atoms with Gasteiger partial charge in [0.25, 0.3) is 0 Å². The second-order valence-corrected chi connectivity index (χ2v) is 18.5. The van der Waals surface area contributed by atoms with Crippen LogP contribution < -0.4 is 4.90 Å². The first-order valence-electron chi connectivity index (χ1n) is 23.8. The molecule has 320 valence electrons. The molecule has 13 rings (SSSR count). The number of anilines is 3. The Bertz CT molecular complexity index is 3660. The lowest BCUT2D eigenvalue weighted by Gasteiger charge is -2.34. The summed E-state index contributed by atoms with van der Waals surface area (Å²) in [4.78, 5) is 2.50. The van der Waals surface area contributed by atoms with Crippen LogP contribution in [0.15, 0.2) is 267 Å². The van der Waals surface area contributed by atoms with Crippen molar-refractivity contribution in [2.24, 2.45) is 0 Å². The maximum atomic E-state index is 2.50. The quantitative estimate of drug-likeness (QED) is 0.147. The van der Waals surface area contributed by atoms with Crippen molar-refractivity contribution in [2.75, 3.05) is 4.90 Å². The van der Waals surface area contributed by atoms with E-state index in [1.54, 1.807) is 0 Å². The molecular weight excluding hydrogens is 819 g/mol. The first-order valence-corrected chi connectivity index (χ1v) is 23.8. The maximum Gasteiger partial charge on any atom is 0.0713 e. The average Bonchev–Trinajstić information content (AvgIpc) is 3.86. The van der Waals surface area contributed by atoms with Crippen LogP contribution in [0.2, 0.25) is 0 Å². The fraction of sp³-hybridized carbons (Fsp3) is 0.0448. The predicted molar refractivity (Wildman–Crippen MR) is 284 cm³/mol. The van der Waals surface area contributed by atoms with Crippen LogP contribution in [0.25, 0.3) is 55.3 Å². The van der Waals surface area contributed by atoms with E-state index in [2.05, 4.69) is 279 Å². The van der Waals surface area contributed by atoms with Crippen LogP contribution in [-0.4, -0.2) is 0 Å². The molecule has 0 bridgehead atoms. The monoisotopic (exact) mass is 865 g/mol. The van der Waals surface area contributed by atoms with E-state index in [-0.39, 0.29) is 5.41 Å². The first kappa shape index (κ1) is 39.8. The number of fused-ring (bicyclic) bond motifs is 7. The molecule has 0 radical (unpaired) electrons. The van der Waals surface area contributed by atoms with Crippen molar-refractivity contribution < 1.29 is 0 Å². The van der Waals surface area contributed by atoms with Gasteiger partial charge in [-0.1, -0.05) is 231 Å². The lowest BCUT2D eigenvalue weighted by atomic mass is 9.67. The molecule has 1 atom stereocenters. The summed E-state index contributed by atoms with van der Waals surface area (Å²) >= 11 is 0. The molecular formula is C67H47N. The van der Waals surface area contributed by atoms with Crippen molar-refractivity contribution in [3.05, 3.63) is 306 Å². The van der Waals surface area contributed by atoms with Gasteiger partial charge in [0.2, 0.25) is 0 Å². The zero-order valence-corrected chi connectivity index (χ0v) is 37.9. The highest BCUT2D eigenvalue weighted by Gasteiger charge is 2.46. The summed E-state index contributed by atoms with van der Waals surface area (Å²) in [5, 5.41) is 2.48. The SMILES string of the molecule is CC1(c2ccccc2)c2ccccc2-c2ccc(N(c3cccc(-c4cccc5ccccc45)c3)c3ccccc3-c3ccc4c(c3)C(c3ccccc3)(c3ccccc3)c3ccccc3-4)cc21. The fourth-order valence-electron chi connectivity index (χ4n) is 11.9. The van der Waals surface area contributed by atoms with Gasteiger partial charge in [-0.05, 0) is 132 Å². The number of rotatable bonds is 8. The molecule has 1 nitrogen and oxygen atoms in total. The van der Waals surface area contributed by atoms with E-state index in [0.717, 1.165) is 22.6 Å². The molecule has 0 spiro atoms. The summed E-state index contributed by atoms with van der Waals surface area (Å²) in [6, 6.07) is 99.1. The van der Waals surface area contributed by atoms with Gasteiger partial charge < -0.3 is 4.90 Å². The van der Waals surface area contributed by atoms with Crippen molar-refractivity contribution in [1.29, 1.82) is 0 Å². The Morgan fingerprint density at radius 2 is 0.794 bits per heavy atom. The Labute approximate surface area is 398 Å². The van der Waals surface area contributed by atoms with Crippen molar-refractivity contribution >= 4 is 27.8 Å². The lowest BCUT2D eigenvalue weighted by Crippen LogP contribution is -2.28. The summed E-state index contributed by atoms with van der Waals surface area (Å²) in [6.07, 6.45) is 0. The Kier molecular flexibility index (Phi) is 9.27. The largest absolute Gasteiger partial charge is 0.310 e. The Hall–Kier alpha value is -8.52. The molecule has 0 amide bonds. The molecule has 0 heterocycles. The molecule has 0 aromatic heterocycles. The minimum absolute atomic E-state index is 0.355. The molecule has 1 heteroatoms. The van der Waals surface area contributed by atoms with E-state index in [4.69, 9.17) is 0 Å². The number of hydrogen-bond donors (Lipinski definition) is 0. The summed E-state index contributed by atoms with van der Waals surface area (Å²) in [5.41, 5.74) is 21.3. The maximum absolute atomic E-state index is 2.50. The van der Waals surface area contributed by atoms with E-state index in [1.165, 1.54) is 88.7 Å². The van der Waals surface area contributed by atoms with Crippen LogP contribution in [0, 0.1) is 0 Å². The number of benzene rings is 11. The standard InChI is InChI=1S/C67H47N/c1-66(49-24-5-2-6-25-49)61-36-16-13-33-57(61)59-42-40-53(45-63(59)66)68(52-30-19-23-47(43-52)55-35-20-22-46-21-11-12-31-54(46)55)65-38-18-15-32-56(65)48-39-41-60-58-34-14-17-37-62(58)67(64(60)44-48,50-26-7-3-8-27-50)51-28-9-4-10-29-51/h2-45H,1H3. The minimum atomic E-state index is -0.511. The van der Waals surface area contributed by atoms with Crippen LogP contribution in [0.1, 0.15) is 45.9 Å². The second kappa shape index (κ2) is 15.8. The highest BCUT2D eigenvalue weighted by atomic mass is 15.1. The van der Waals surface area contributed by atoms with Gasteiger partial charge in [0.05, 0.1) is 11.1 Å². The van der Waals surface area contributed by atoms with Crippen molar-refractivity contribution in [1.82, 2.24) is 0 Å². The second-order valence-electron chi connectivity index (χ2n) is 18.5. The highest BCUT2D eigenvalue weighted by Crippen LogP contribution is 2.58. The van der Waals surface area contributed by atoms with E-state index >= 15 is 0 Å². The van der Waals surface area contributed by atoms with E-state index < -0.39 is 5.41 Å². The molecule has 68 heavy (non-hydrogen) atoms. The van der Waals surface area contributed by atoms with Gasteiger partial charge >= 0.3 is 0 Å². The van der Waals surface area contributed by atoms with Crippen molar-refractivity contribution in [2.45, 2.75) is 17.8 Å². The Balaban J connectivity index is 1.05. The predicted octanol–water partition coefficient (Wildman–Crippen LogP) is 17.3. The minimum Gasteiger partial charge on any atom is -0.310 e. The molecule has 11 aromatic carbocycles. The topological polar surface area (TPSA) is 3.24 Å². The van der Waals surface area contributed by atoms with Crippen molar-refractivity contribution in [3.8, 4) is 44.5 Å². The van der Waals surface area contributed by atoms with Gasteiger partial charge in [-0.15, -0.1) is 0 Å². The normalized spacial score (nSPS) is 15.0. The van der Waals surface area contributed by atoms with Gasteiger partial charge in [-0.25, -0.2) is 0 Å². The molecule has 1 unspecified atom stereocenters. The van der Waals surface area contributed by atoms with E-state index in [0.29, 0.717) is 0 Å². The summed E-state index contributed by atoms with van der Waals surface area (Å²) in [5.74, 6) is 0. The van der Waals surface area contributed by atoms with Crippen LogP contribution in [0.4, 0.5) is 17.1 Å². The number of para-hydroxylation sites is 1. The highest BCUT2D eigenvalue weighted by molar-refractivity contribution is 5.99. The smallest absolute Gasteiger partial charge is 0.0713 e. The third-order valence-corrected chi connectivity index (χ3v) is 15.0. The third kappa shape index (κ3) is 5.95. The zero-order valence-electron chi connectivity index (χ0n) is 37.9. The van der Waals surface area contributed by atoms with Gasteiger partial charge in [-0.3, -0.25) is 0 Å². The molecule has 0 fully saturated rings. The first-order chi connectivity index (χ1) is 33.6. The van der Waals surface area contributed by atoms with Crippen LogP contribution in [0.5, 0.6) is 0 Å². The summed E-state index contributed by atoms with van der Waals surface area (Å²) in [6.45, 7) is 2.41. The van der Waals surface area contributed by atoms with Crippen molar-refractivity contribution in [3.63, 3.8) is 0 Å². The van der Waals surface area contributed by atoms with Gasteiger partial charge in [0.15, 0.2) is 0 Å². The summed E-state index contributed by atoms with van der Waals surface area (Å²) in [7, 11) is 0. The molecule has 2 aliphatic carbocycles.